The van der Waals surface area contributed by atoms with Gasteiger partial charge in [-0.3, -0.25) is 9.59 Å². The summed E-state index contributed by atoms with van der Waals surface area (Å²) in [4.78, 5) is 28.1. The Morgan fingerprint density at radius 1 is 1.30 bits per heavy atom. The Morgan fingerprint density at radius 2 is 2.09 bits per heavy atom. The topological polar surface area (TPSA) is 53.2 Å². The first-order chi connectivity index (χ1) is 11.0. The Hall–Kier alpha value is -2.50. The monoisotopic (exact) mass is 318 g/mol. The molecule has 23 heavy (non-hydrogen) atoms. The molecular weight excluding hydrogens is 302 g/mol. The Bertz CT molecular complexity index is 816. The highest BCUT2D eigenvalue weighted by Gasteiger charge is 2.32. The zero-order chi connectivity index (χ0) is 16.6. The van der Waals surface area contributed by atoms with Crippen LogP contribution in [0.4, 0.5) is 8.78 Å². The molecule has 1 unspecified atom stereocenters. The van der Waals surface area contributed by atoms with Crippen molar-refractivity contribution in [3.05, 3.63) is 69.1 Å². The van der Waals surface area contributed by atoms with Gasteiger partial charge in [0.15, 0.2) is 0 Å². The number of hydrogen-bond acceptors (Lipinski definition) is 2. The molecule has 2 aromatic rings. The van der Waals surface area contributed by atoms with Crippen molar-refractivity contribution in [1.29, 1.82) is 0 Å². The molecule has 1 aromatic heterocycles. The van der Waals surface area contributed by atoms with E-state index >= 15 is 0 Å². The minimum absolute atomic E-state index is 0.192. The predicted molar refractivity (Wildman–Crippen MR) is 81.2 cm³/mol. The summed E-state index contributed by atoms with van der Waals surface area (Å²) < 4.78 is 27.5. The van der Waals surface area contributed by atoms with E-state index in [0.29, 0.717) is 30.5 Å². The highest BCUT2D eigenvalue weighted by molar-refractivity contribution is 5.94. The van der Waals surface area contributed by atoms with Crippen LogP contribution in [0.3, 0.4) is 0 Å². The number of carbonyl (C=O) groups excluding carboxylic acids is 1. The first-order valence-electron chi connectivity index (χ1n) is 7.42. The van der Waals surface area contributed by atoms with Crippen LogP contribution in [-0.2, 0) is 0 Å². The quantitative estimate of drug-likeness (QED) is 0.925. The Labute approximate surface area is 131 Å². The van der Waals surface area contributed by atoms with Crippen LogP contribution in [0.25, 0.3) is 0 Å². The molecule has 1 aliphatic heterocycles. The van der Waals surface area contributed by atoms with Crippen LogP contribution < -0.4 is 5.56 Å². The third-order valence-corrected chi connectivity index (χ3v) is 4.17. The first kappa shape index (κ1) is 15.4. The van der Waals surface area contributed by atoms with E-state index in [0.717, 1.165) is 18.2 Å². The lowest BCUT2D eigenvalue weighted by molar-refractivity contribution is 0.0732. The molecule has 0 spiro atoms. The third kappa shape index (κ3) is 2.88. The van der Waals surface area contributed by atoms with Crippen LogP contribution in [0.5, 0.6) is 0 Å². The van der Waals surface area contributed by atoms with Crippen molar-refractivity contribution in [2.24, 2.45) is 0 Å². The van der Waals surface area contributed by atoms with Crippen LogP contribution in [0.1, 0.15) is 40.4 Å². The molecule has 1 amide bonds. The molecule has 1 aliphatic rings. The summed E-state index contributed by atoms with van der Waals surface area (Å²) >= 11 is 0. The van der Waals surface area contributed by atoms with Crippen molar-refractivity contribution in [3.63, 3.8) is 0 Å². The molecule has 0 aliphatic carbocycles. The van der Waals surface area contributed by atoms with Gasteiger partial charge in [-0.1, -0.05) is 0 Å². The van der Waals surface area contributed by atoms with E-state index < -0.39 is 17.7 Å². The average Bonchev–Trinajstić information content (AvgIpc) is 3.01. The Balaban J connectivity index is 1.94. The summed E-state index contributed by atoms with van der Waals surface area (Å²) in [5.41, 5.74) is 0.710. The van der Waals surface area contributed by atoms with Gasteiger partial charge < -0.3 is 9.88 Å². The van der Waals surface area contributed by atoms with Gasteiger partial charge in [-0.05, 0) is 44.0 Å². The number of halogens is 2. The van der Waals surface area contributed by atoms with Crippen LogP contribution in [0, 0.1) is 18.6 Å². The molecular formula is C17H16F2N2O2. The number of aromatic amines is 1. The molecule has 1 saturated heterocycles. The number of nitrogens with zero attached hydrogens (tertiary/aromatic N) is 1. The molecule has 4 nitrogen and oxygen atoms in total. The number of benzene rings is 1. The first-order valence-corrected chi connectivity index (χ1v) is 7.42. The van der Waals surface area contributed by atoms with Gasteiger partial charge in [0.2, 0.25) is 0 Å². The maximum atomic E-state index is 14.0. The van der Waals surface area contributed by atoms with Gasteiger partial charge in [-0.25, -0.2) is 8.78 Å². The summed E-state index contributed by atoms with van der Waals surface area (Å²) in [6.45, 7) is 2.08. The Morgan fingerprint density at radius 3 is 2.83 bits per heavy atom. The second kappa shape index (κ2) is 5.95. The number of aryl methyl sites for hydroxylation is 1. The SMILES string of the molecule is Cc1cc(C(=O)N2CCCC2c2cc(F)ccc2F)c[nH]c1=O. The fourth-order valence-electron chi connectivity index (χ4n) is 2.99. The molecule has 1 N–H and O–H groups in total. The van der Waals surface area contributed by atoms with Gasteiger partial charge in [-0.15, -0.1) is 0 Å². The van der Waals surface area contributed by atoms with E-state index in [9.17, 15) is 18.4 Å². The van der Waals surface area contributed by atoms with Gasteiger partial charge >= 0.3 is 0 Å². The number of nitrogens with one attached hydrogen (secondary N) is 1. The molecule has 1 atom stereocenters. The minimum Gasteiger partial charge on any atom is -0.331 e. The number of rotatable bonds is 2. The van der Waals surface area contributed by atoms with E-state index in [1.54, 1.807) is 6.92 Å². The summed E-state index contributed by atoms with van der Waals surface area (Å²) in [6.07, 6.45) is 2.65. The lowest BCUT2D eigenvalue weighted by atomic mass is 10.0. The molecule has 0 bridgehead atoms. The molecule has 6 heteroatoms. The number of aromatic nitrogens is 1. The normalized spacial score (nSPS) is 17.5. The number of amides is 1. The van der Waals surface area contributed by atoms with Gasteiger partial charge in [0.05, 0.1) is 11.6 Å². The van der Waals surface area contributed by atoms with Crippen LogP contribution >= 0.6 is 0 Å². The molecule has 0 radical (unpaired) electrons. The van der Waals surface area contributed by atoms with Crippen molar-refractivity contribution < 1.29 is 13.6 Å². The summed E-state index contributed by atoms with van der Waals surface area (Å²) in [7, 11) is 0. The van der Waals surface area contributed by atoms with Gasteiger partial charge in [0.25, 0.3) is 11.5 Å². The van der Waals surface area contributed by atoms with Gasteiger partial charge in [0, 0.05) is 23.9 Å². The second-order valence-corrected chi connectivity index (χ2v) is 5.72. The second-order valence-electron chi connectivity index (χ2n) is 5.72. The fourth-order valence-corrected chi connectivity index (χ4v) is 2.99. The molecule has 120 valence electrons. The van der Waals surface area contributed by atoms with Gasteiger partial charge in [-0.2, -0.15) is 0 Å². The van der Waals surface area contributed by atoms with Crippen molar-refractivity contribution in [2.45, 2.75) is 25.8 Å². The summed E-state index contributed by atoms with van der Waals surface area (Å²) in [5, 5.41) is 0. The van der Waals surface area contributed by atoms with E-state index in [-0.39, 0.29) is 17.0 Å². The van der Waals surface area contributed by atoms with Crippen LogP contribution in [-0.4, -0.2) is 22.3 Å². The van der Waals surface area contributed by atoms with E-state index in [1.807, 2.05) is 0 Å². The third-order valence-electron chi connectivity index (χ3n) is 4.17. The van der Waals surface area contributed by atoms with E-state index in [2.05, 4.69) is 4.98 Å². The van der Waals surface area contributed by atoms with Crippen molar-refractivity contribution in [3.8, 4) is 0 Å². The Kier molecular flexibility index (Phi) is 3.98. The van der Waals surface area contributed by atoms with Crippen LogP contribution in [0.2, 0.25) is 0 Å². The number of pyridine rings is 1. The summed E-state index contributed by atoms with van der Waals surface area (Å²) in [6, 6.07) is 4.30. The number of hydrogen-bond donors (Lipinski definition) is 1. The highest BCUT2D eigenvalue weighted by atomic mass is 19.1. The largest absolute Gasteiger partial charge is 0.331 e. The van der Waals surface area contributed by atoms with Gasteiger partial charge in [0.1, 0.15) is 11.6 Å². The van der Waals surface area contributed by atoms with Crippen LogP contribution in [0.15, 0.2) is 35.3 Å². The van der Waals surface area contributed by atoms with Crippen molar-refractivity contribution in [2.75, 3.05) is 6.54 Å². The zero-order valence-corrected chi connectivity index (χ0v) is 12.6. The molecule has 1 fully saturated rings. The average molecular weight is 318 g/mol. The zero-order valence-electron chi connectivity index (χ0n) is 12.6. The fraction of sp³-hybridized carbons (Fsp3) is 0.294. The number of H-pyrrole nitrogens is 1. The maximum absolute atomic E-state index is 14.0. The van der Waals surface area contributed by atoms with Crippen molar-refractivity contribution >= 4 is 5.91 Å². The summed E-state index contributed by atoms with van der Waals surface area (Å²) in [5.74, 6) is -1.34. The highest BCUT2D eigenvalue weighted by Crippen LogP contribution is 2.34. The molecule has 3 rings (SSSR count). The smallest absolute Gasteiger partial charge is 0.255 e. The molecule has 2 heterocycles. The number of carbonyl (C=O) groups is 1. The molecule has 1 aromatic carbocycles. The minimum atomic E-state index is -0.527. The molecule has 0 saturated carbocycles. The standard InChI is InChI=1S/C17H16F2N2O2/c1-10-7-11(9-20-16(10)22)17(23)21-6-2-3-15(21)13-8-12(18)4-5-14(13)19/h4-5,7-9,15H,2-3,6H2,1H3,(H,20,22). The van der Waals surface area contributed by atoms with E-state index in [4.69, 9.17) is 0 Å². The number of likely N-dealkylation sites (tertiary alicyclic amines) is 1. The lowest BCUT2D eigenvalue weighted by Gasteiger charge is -2.25. The van der Waals surface area contributed by atoms with Crippen molar-refractivity contribution in [1.82, 2.24) is 9.88 Å². The van der Waals surface area contributed by atoms with E-state index in [1.165, 1.54) is 17.2 Å². The lowest BCUT2D eigenvalue weighted by Crippen LogP contribution is -2.31. The predicted octanol–water partition coefficient (Wildman–Crippen LogP) is 2.94. The maximum Gasteiger partial charge on any atom is 0.255 e.